The summed E-state index contributed by atoms with van der Waals surface area (Å²) >= 11 is 0. The molecule has 0 amide bonds. The summed E-state index contributed by atoms with van der Waals surface area (Å²) in [4.78, 5) is 5.94. The van der Waals surface area contributed by atoms with E-state index in [9.17, 15) is 13.9 Å². The van der Waals surface area contributed by atoms with Crippen LogP contribution < -0.4 is 10.2 Å². The molecular formula is C23H29F2N3O. The summed E-state index contributed by atoms with van der Waals surface area (Å²) in [6.45, 7) is 7.66. The zero-order chi connectivity index (χ0) is 20.8. The molecule has 2 aliphatic heterocycles. The first-order chi connectivity index (χ1) is 13.7. The van der Waals surface area contributed by atoms with Crippen molar-refractivity contribution in [2.75, 3.05) is 31.1 Å². The zero-order valence-electron chi connectivity index (χ0n) is 17.2. The minimum atomic E-state index is -1.50. The first-order valence-corrected chi connectivity index (χ1v) is 10.3. The van der Waals surface area contributed by atoms with Crippen LogP contribution in [0.5, 0.6) is 0 Å². The molecule has 0 radical (unpaired) electrons. The molecule has 1 aromatic carbocycles. The molecule has 2 aliphatic rings. The molecule has 3 atom stereocenters. The van der Waals surface area contributed by atoms with Gasteiger partial charge in [-0.2, -0.15) is 0 Å². The average Bonchev–Trinajstić information content (AvgIpc) is 3.04. The van der Waals surface area contributed by atoms with Crippen LogP contribution >= 0.6 is 0 Å². The maximum atomic E-state index is 13.7. The summed E-state index contributed by atoms with van der Waals surface area (Å²) in [6, 6.07) is 11.7. The van der Waals surface area contributed by atoms with E-state index < -0.39 is 23.4 Å². The van der Waals surface area contributed by atoms with Gasteiger partial charge in [0, 0.05) is 24.7 Å². The predicted molar refractivity (Wildman–Crippen MR) is 111 cm³/mol. The Kier molecular flexibility index (Phi) is 5.11. The second kappa shape index (κ2) is 7.33. The van der Waals surface area contributed by atoms with Gasteiger partial charge in [-0.3, -0.25) is 0 Å². The summed E-state index contributed by atoms with van der Waals surface area (Å²) in [5.74, 6) is 0.904. The molecule has 2 aromatic rings. The van der Waals surface area contributed by atoms with Crippen molar-refractivity contribution >= 4 is 5.82 Å². The number of aliphatic hydroxyl groups is 1. The Bertz CT molecular complexity index is 859. The lowest BCUT2D eigenvalue weighted by atomic mass is 9.62. The predicted octanol–water partition coefficient (Wildman–Crippen LogP) is 3.55. The van der Waals surface area contributed by atoms with E-state index in [1.165, 1.54) is 5.56 Å². The van der Waals surface area contributed by atoms with Crippen LogP contribution in [-0.4, -0.2) is 48.6 Å². The summed E-state index contributed by atoms with van der Waals surface area (Å²) < 4.78 is 27.4. The molecule has 3 heterocycles. The summed E-state index contributed by atoms with van der Waals surface area (Å²) in [5.41, 5.74) is 1.08. The minimum absolute atomic E-state index is 0.0159. The van der Waals surface area contributed by atoms with Crippen molar-refractivity contribution in [1.29, 1.82) is 0 Å². The molecule has 2 fully saturated rings. The number of pyridine rings is 1. The van der Waals surface area contributed by atoms with Crippen LogP contribution in [0.4, 0.5) is 14.6 Å². The monoisotopic (exact) mass is 401 g/mol. The van der Waals surface area contributed by atoms with Gasteiger partial charge in [0.1, 0.15) is 11.4 Å². The standard InChI is InChI=1S/C23H29F2N3O/c1-15(2)16-4-6-17(7-5-16)23(29,22(3)13-26-14-22)18-8-9-27-21(10-18)28-11-19(24)20(25)12-28/h4-10,15,19-20,26,29H,11-14H2,1-3H3/t19-,20+,23-/m0/s1. The van der Waals surface area contributed by atoms with Gasteiger partial charge in [0.05, 0.1) is 13.1 Å². The topological polar surface area (TPSA) is 48.4 Å². The smallest absolute Gasteiger partial charge is 0.150 e. The van der Waals surface area contributed by atoms with Gasteiger partial charge in [0.15, 0.2) is 12.3 Å². The summed E-state index contributed by atoms with van der Waals surface area (Å²) in [7, 11) is 0. The van der Waals surface area contributed by atoms with E-state index in [0.717, 1.165) is 5.56 Å². The van der Waals surface area contributed by atoms with Gasteiger partial charge in [-0.05, 0) is 34.7 Å². The normalized spacial score (nSPS) is 25.7. The number of nitrogens with one attached hydrogen (secondary N) is 1. The largest absolute Gasteiger partial charge is 0.380 e. The highest BCUT2D eigenvalue weighted by Gasteiger charge is 2.53. The Morgan fingerprint density at radius 3 is 2.24 bits per heavy atom. The lowest BCUT2D eigenvalue weighted by molar-refractivity contribution is -0.0767. The minimum Gasteiger partial charge on any atom is -0.380 e. The third-order valence-electron chi connectivity index (χ3n) is 6.57. The molecular weight excluding hydrogens is 372 g/mol. The fourth-order valence-corrected chi connectivity index (χ4v) is 4.46. The third-order valence-corrected chi connectivity index (χ3v) is 6.57. The lowest BCUT2D eigenvalue weighted by Gasteiger charge is -2.52. The molecule has 156 valence electrons. The van der Waals surface area contributed by atoms with Crippen molar-refractivity contribution in [1.82, 2.24) is 10.3 Å². The van der Waals surface area contributed by atoms with E-state index in [2.05, 4.69) is 43.2 Å². The number of rotatable bonds is 5. The number of anilines is 1. The molecule has 2 saturated heterocycles. The first kappa shape index (κ1) is 20.2. The molecule has 4 rings (SSSR count). The molecule has 4 nitrogen and oxygen atoms in total. The first-order valence-electron chi connectivity index (χ1n) is 10.3. The van der Waals surface area contributed by atoms with Crippen LogP contribution in [0.1, 0.15) is 43.4 Å². The molecule has 29 heavy (non-hydrogen) atoms. The zero-order valence-corrected chi connectivity index (χ0v) is 17.2. The lowest BCUT2D eigenvalue weighted by Crippen LogP contribution is -2.63. The van der Waals surface area contributed by atoms with Crippen LogP contribution in [-0.2, 0) is 5.60 Å². The highest BCUT2D eigenvalue weighted by atomic mass is 19.2. The van der Waals surface area contributed by atoms with E-state index in [-0.39, 0.29) is 13.1 Å². The van der Waals surface area contributed by atoms with Crippen LogP contribution in [0.25, 0.3) is 0 Å². The van der Waals surface area contributed by atoms with Crippen LogP contribution in [0.15, 0.2) is 42.6 Å². The fraction of sp³-hybridized carbons (Fsp3) is 0.522. The number of halogens is 2. The molecule has 0 saturated carbocycles. The Morgan fingerprint density at radius 1 is 1.10 bits per heavy atom. The Hall–Kier alpha value is -2.05. The van der Waals surface area contributed by atoms with Crippen molar-refractivity contribution in [3.8, 4) is 0 Å². The van der Waals surface area contributed by atoms with Crippen molar-refractivity contribution < 1.29 is 13.9 Å². The Balaban J connectivity index is 1.76. The van der Waals surface area contributed by atoms with Crippen molar-refractivity contribution in [3.05, 3.63) is 59.3 Å². The molecule has 0 unspecified atom stereocenters. The number of aromatic nitrogens is 1. The van der Waals surface area contributed by atoms with Gasteiger partial charge >= 0.3 is 0 Å². The van der Waals surface area contributed by atoms with Crippen LogP contribution in [0.3, 0.4) is 0 Å². The van der Waals surface area contributed by atoms with Gasteiger partial charge in [-0.1, -0.05) is 45.0 Å². The SMILES string of the molecule is CC(C)c1ccc([C@](O)(c2ccnc(N3C[C@@H](F)[C@@H](F)C3)c2)C2(C)CNC2)cc1. The van der Waals surface area contributed by atoms with Crippen LogP contribution in [0, 0.1) is 5.41 Å². The van der Waals surface area contributed by atoms with Gasteiger partial charge in [0.25, 0.3) is 0 Å². The quantitative estimate of drug-likeness (QED) is 0.805. The van der Waals surface area contributed by atoms with Gasteiger partial charge < -0.3 is 15.3 Å². The molecule has 1 aromatic heterocycles. The number of nitrogens with zero attached hydrogens (tertiary/aromatic N) is 2. The molecule has 6 heteroatoms. The number of hydrogen-bond donors (Lipinski definition) is 2. The van der Waals surface area contributed by atoms with Crippen molar-refractivity contribution in [2.24, 2.45) is 5.41 Å². The molecule has 0 aliphatic carbocycles. The van der Waals surface area contributed by atoms with E-state index in [1.54, 1.807) is 23.2 Å². The number of alkyl halides is 2. The van der Waals surface area contributed by atoms with Crippen molar-refractivity contribution in [3.63, 3.8) is 0 Å². The second-order valence-corrected chi connectivity index (χ2v) is 8.99. The third kappa shape index (κ3) is 3.32. The van der Waals surface area contributed by atoms with E-state index in [0.29, 0.717) is 30.4 Å². The molecule has 0 bridgehead atoms. The van der Waals surface area contributed by atoms with Gasteiger partial charge in [0.2, 0.25) is 0 Å². The molecule has 2 N–H and O–H groups in total. The fourth-order valence-electron chi connectivity index (χ4n) is 4.46. The highest BCUT2D eigenvalue weighted by Crippen LogP contribution is 2.48. The van der Waals surface area contributed by atoms with E-state index in [4.69, 9.17) is 0 Å². The average molecular weight is 402 g/mol. The highest BCUT2D eigenvalue weighted by molar-refractivity contribution is 5.49. The van der Waals surface area contributed by atoms with Crippen LogP contribution in [0.2, 0.25) is 0 Å². The molecule has 0 spiro atoms. The summed E-state index contributed by atoms with van der Waals surface area (Å²) in [6.07, 6.45) is -1.39. The second-order valence-electron chi connectivity index (χ2n) is 8.99. The number of hydrogen-bond acceptors (Lipinski definition) is 4. The van der Waals surface area contributed by atoms with Crippen molar-refractivity contribution in [2.45, 2.75) is 44.6 Å². The summed E-state index contributed by atoms with van der Waals surface area (Å²) in [5, 5.41) is 15.4. The van der Waals surface area contributed by atoms with E-state index in [1.807, 2.05) is 12.1 Å². The maximum Gasteiger partial charge on any atom is 0.150 e. The van der Waals surface area contributed by atoms with Gasteiger partial charge in [-0.15, -0.1) is 0 Å². The van der Waals surface area contributed by atoms with Gasteiger partial charge in [-0.25, -0.2) is 13.8 Å². The number of benzene rings is 1. The van der Waals surface area contributed by atoms with E-state index >= 15 is 0 Å². The Morgan fingerprint density at radius 2 is 1.72 bits per heavy atom. The maximum absolute atomic E-state index is 13.7. The Labute approximate surface area is 171 Å².